The van der Waals surface area contributed by atoms with Crippen molar-refractivity contribution in [2.24, 2.45) is 0 Å². The van der Waals surface area contributed by atoms with Gasteiger partial charge in [0.15, 0.2) is 0 Å². The second kappa shape index (κ2) is 6.60. The summed E-state index contributed by atoms with van der Waals surface area (Å²) in [5, 5.41) is 0. The van der Waals surface area contributed by atoms with Gasteiger partial charge in [-0.1, -0.05) is 0 Å². The van der Waals surface area contributed by atoms with Gasteiger partial charge in [-0.3, -0.25) is 4.21 Å². The minimum absolute atomic E-state index is 0. The maximum atomic E-state index is 12.1. The van der Waals surface area contributed by atoms with E-state index in [2.05, 4.69) is 0 Å². The molecular formula is C10H12NNaO4S2. The molecule has 0 amide bonds. The van der Waals surface area contributed by atoms with E-state index in [1.807, 2.05) is 0 Å². The number of benzene rings is 1. The predicted octanol–water partition coefficient (Wildman–Crippen LogP) is -2.29. The molecule has 1 aliphatic heterocycles. The Kier molecular flexibility index (Phi) is 5.98. The standard InChI is InChI=1S/C10H13NO4S2.Na/c12-16(13)9-3-5-10(6-4-9)17(14,15)11-7-1-2-8-11;/h3-6H,1-2,7-8H2,(H,12,13);/q;+1/p-1. The molecule has 1 aromatic carbocycles. The van der Waals surface area contributed by atoms with Gasteiger partial charge in [-0.05, 0) is 48.2 Å². The molecule has 2 rings (SSSR count). The van der Waals surface area contributed by atoms with Crippen LogP contribution in [-0.4, -0.2) is 34.6 Å². The van der Waals surface area contributed by atoms with Crippen molar-refractivity contribution in [2.75, 3.05) is 13.1 Å². The van der Waals surface area contributed by atoms with E-state index >= 15 is 0 Å². The first-order chi connectivity index (χ1) is 8.01. The molecule has 1 heterocycles. The number of nitrogens with zero attached hydrogens (tertiary/aromatic N) is 1. The molecule has 0 aliphatic carbocycles. The average molecular weight is 297 g/mol. The fraction of sp³-hybridized carbons (Fsp3) is 0.400. The van der Waals surface area contributed by atoms with E-state index in [-0.39, 0.29) is 39.3 Å². The first kappa shape index (κ1) is 16.3. The third kappa shape index (κ3) is 3.41. The maximum absolute atomic E-state index is 12.1. The normalized spacial score (nSPS) is 18.3. The van der Waals surface area contributed by atoms with E-state index in [0.29, 0.717) is 13.1 Å². The Morgan fingerprint density at radius 1 is 1.11 bits per heavy atom. The summed E-state index contributed by atoms with van der Waals surface area (Å²) in [6, 6.07) is 5.26. The second-order valence-electron chi connectivity index (χ2n) is 3.82. The van der Waals surface area contributed by atoms with E-state index in [1.165, 1.54) is 28.6 Å². The predicted molar refractivity (Wildman–Crippen MR) is 61.6 cm³/mol. The van der Waals surface area contributed by atoms with E-state index in [9.17, 15) is 17.2 Å². The molecule has 94 valence electrons. The van der Waals surface area contributed by atoms with E-state index < -0.39 is 21.1 Å². The van der Waals surface area contributed by atoms with Crippen molar-refractivity contribution in [1.82, 2.24) is 4.31 Å². The van der Waals surface area contributed by atoms with Crippen LogP contribution in [0.25, 0.3) is 0 Å². The first-order valence-electron chi connectivity index (χ1n) is 5.21. The molecule has 1 aliphatic rings. The van der Waals surface area contributed by atoms with Crippen LogP contribution < -0.4 is 29.6 Å². The smallest absolute Gasteiger partial charge is 0.768 e. The molecular weight excluding hydrogens is 285 g/mol. The molecule has 0 N–H and O–H groups in total. The molecule has 1 fully saturated rings. The van der Waals surface area contributed by atoms with Gasteiger partial charge in [-0.15, -0.1) is 0 Å². The molecule has 8 heteroatoms. The van der Waals surface area contributed by atoms with Crippen molar-refractivity contribution in [2.45, 2.75) is 22.6 Å². The Morgan fingerprint density at radius 2 is 1.61 bits per heavy atom. The minimum Gasteiger partial charge on any atom is -0.768 e. The molecule has 1 aromatic rings. The van der Waals surface area contributed by atoms with Crippen LogP contribution in [0.4, 0.5) is 0 Å². The van der Waals surface area contributed by atoms with E-state index in [1.54, 1.807) is 0 Å². The van der Waals surface area contributed by atoms with Crippen molar-refractivity contribution in [1.29, 1.82) is 0 Å². The summed E-state index contributed by atoms with van der Waals surface area (Å²) in [6.45, 7) is 1.08. The topological polar surface area (TPSA) is 77.5 Å². The molecule has 0 spiro atoms. The van der Waals surface area contributed by atoms with Crippen molar-refractivity contribution in [3.8, 4) is 0 Å². The summed E-state index contributed by atoms with van der Waals surface area (Å²) in [4.78, 5) is 0.235. The fourth-order valence-electron chi connectivity index (χ4n) is 1.80. The summed E-state index contributed by atoms with van der Waals surface area (Å²) in [7, 11) is -3.45. The van der Waals surface area contributed by atoms with Gasteiger partial charge in [-0.25, -0.2) is 8.42 Å². The summed E-state index contributed by atoms with van der Waals surface area (Å²) < 4.78 is 46.9. The summed E-state index contributed by atoms with van der Waals surface area (Å²) in [5.41, 5.74) is 0. The molecule has 1 saturated heterocycles. The van der Waals surface area contributed by atoms with Crippen molar-refractivity contribution in [3.05, 3.63) is 24.3 Å². The molecule has 0 saturated carbocycles. The number of sulfonamides is 1. The third-order valence-corrected chi connectivity index (χ3v) is 5.29. The molecule has 18 heavy (non-hydrogen) atoms. The Labute approximate surface area is 131 Å². The van der Waals surface area contributed by atoms with Crippen LogP contribution in [0.2, 0.25) is 0 Å². The Bertz CT molecular complexity index is 523. The molecule has 5 nitrogen and oxygen atoms in total. The summed E-state index contributed by atoms with van der Waals surface area (Å²) in [6.07, 6.45) is 1.75. The largest absolute Gasteiger partial charge is 1.00 e. The zero-order valence-corrected chi connectivity index (χ0v) is 13.7. The van der Waals surface area contributed by atoms with Gasteiger partial charge in [0.25, 0.3) is 0 Å². The Hall–Kier alpha value is 0.240. The van der Waals surface area contributed by atoms with Crippen LogP contribution in [-0.2, 0) is 21.1 Å². The number of hydrogen-bond acceptors (Lipinski definition) is 4. The number of rotatable bonds is 3. The van der Waals surface area contributed by atoms with Gasteiger partial charge in [0.2, 0.25) is 10.0 Å². The second-order valence-corrected chi connectivity index (χ2v) is 6.70. The zero-order valence-electron chi connectivity index (χ0n) is 10.0. The molecule has 1 unspecified atom stereocenters. The monoisotopic (exact) mass is 297 g/mol. The molecule has 1 atom stereocenters. The maximum Gasteiger partial charge on any atom is 1.00 e. The van der Waals surface area contributed by atoms with Crippen LogP contribution in [0.1, 0.15) is 12.8 Å². The molecule has 0 bridgehead atoms. The molecule has 0 radical (unpaired) electrons. The first-order valence-corrected chi connectivity index (χ1v) is 7.73. The van der Waals surface area contributed by atoms with Gasteiger partial charge in [0.05, 0.1) is 4.90 Å². The summed E-state index contributed by atoms with van der Waals surface area (Å²) in [5.74, 6) is 0. The van der Waals surface area contributed by atoms with Gasteiger partial charge in [0.1, 0.15) is 0 Å². The number of hydrogen-bond donors (Lipinski definition) is 0. The Balaban J connectivity index is 0.00000162. The molecule has 0 aromatic heterocycles. The van der Waals surface area contributed by atoms with E-state index in [0.717, 1.165) is 12.8 Å². The van der Waals surface area contributed by atoms with Crippen molar-refractivity contribution < 1.29 is 46.7 Å². The quantitative estimate of drug-likeness (QED) is 0.465. The van der Waals surface area contributed by atoms with Gasteiger partial charge in [-0.2, -0.15) is 4.31 Å². The summed E-state index contributed by atoms with van der Waals surface area (Å²) >= 11 is -2.32. The minimum atomic E-state index is -3.45. The van der Waals surface area contributed by atoms with Crippen LogP contribution in [0, 0.1) is 0 Å². The van der Waals surface area contributed by atoms with Gasteiger partial charge in [0, 0.05) is 18.0 Å². The van der Waals surface area contributed by atoms with Gasteiger partial charge >= 0.3 is 29.6 Å². The van der Waals surface area contributed by atoms with Gasteiger partial charge < -0.3 is 4.55 Å². The fourth-order valence-corrected chi connectivity index (χ4v) is 3.68. The SMILES string of the molecule is O=S([O-])c1ccc(S(=O)(=O)N2CCCC2)cc1.[Na+]. The van der Waals surface area contributed by atoms with Crippen LogP contribution in [0.15, 0.2) is 34.1 Å². The van der Waals surface area contributed by atoms with Crippen molar-refractivity contribution in [3.63, 3.8) is 0 Å². The zero-order chi connectivity index (χ0) is 12.5. The Morgan fingerprint density at radius 3 is 2.06 bits per heavy atom. The van der Waals surface area contributed by atoms with E-state index in [4.69, 9.17) is 0 Å². The average Bonchev–Trinajstić information content (AvgIpc) is 2.83. The van der Waals surface area contributed by atoms with Crippen LogP contribution in [0.5, 0.6) is 0 Å². The third-order valence-electron chi connectivity index (χ3n) is 2.72. The van der Waals surface area contributed by atoms with Crippen LogP contribution in [0.3, 0.4) is 0 Å². The van der Waals surface area contributed by atoms with Crippen LogP contribution >= 0.6 is 0 Å². The van der Waals surface area contributed by atoms with Crippen molar-refractivity contribution >= 4 is 21.1 Å².